The molecule has 0 aromatic heterocycles. The standard InChI is InChI=1S/C16H23F3N2O2/c1-5-15(2,3)21-13(16(17,18)19)10-14(22)20-11-8-6-7-9-12(11)23-4/h6-9,13,21H,5,10H2,1-4H3,(H,20,22). The van der Waals surface area contributed by atoms with Crippen molar-refractivity contribution in [3.05, 3.63) is 24.3 Å². The molecule has 1 aromatic rings. The maximum absolute atomic E-state index is 13.2. The van der Waals surface area contributed by atoms with Crippen molar-refractivity contribution in [2.24, 2.45) is 0 Å². The SMILES string of the molecule is CCC(C)(C)NC(CC(=O)Nc1ccccc1OC)C(F)(F)F. The van der Waals surface area contributed by atoms with Crippen LogP contribution in [-0.2, 0) is 4.79 Å². The molecule has 0 saturated carbocycles. The molecule has 1 aromatic carbocycles. The van der Waals surface area contributed by atoms with Crippen LogP contribution in [-0.4, -0.2) is 30.8 Å². The number of hydrogen-bond acceptors (Lipinski definition) is 3. The van der Waals surface area contributed by atoms with Gasteiger partial charge < -0.3 is 15.4 Å². The number of methoxy groups -OCH3 is 1. The van der Waals surface area contributed by atoms with Crippen molar-refractivity contribution in [3.8, 4) is 5.75 Å². The van der Waals surface area contributed by atoms with Gasteiger partial charge in [-0.3, -0.25) is 4.79 Å². The zero-order valence-corrected chi connectivity index (χ0v) is 13.8. The highest BCUT2D eigenvalue weighted by molar-refractivity contribution is 5.92. The molecule has 2 N–H and O–H groups in total. The average Bonchev–Trinajstić information content (AvgIpc) is 2.46. The molecule has 1 unspecified atom stereocenters. The van der Waals surface area contributed by atoms with Crippen molar-refractivity contribution in [1.29, 1.82) is 0 Å². The first-order valence-electron chi connectivity index (χ1n) is 7.36. The molecule has 0 heterocycles. The molecular formula is C16H23F3N2O2. The Morgan fingerprint density at radius 2 is 1.87 bits per heavy atom. The summed E-state index contributed by atoms with van der Waals surface area (Å²) in [7, 11) is 1.43. The molecule has 0 spiro atoms. The van der Waals surface area contributed by atoms with Gasteiger partial charge in [0.2, 0.25) is 5.91 Å². The van der Waals surface area contributed by atoms with E-state index < -0.39 is 30.1 Å². The van der Waals surface area contributed by atoms with E-state index >= 15 is 0 Å². The minimum absolute atomic E-state index is 0.343. The maximum atomic E-state index is 13.2. The molecule has 1 amide bonds. The predicted molar refractivity (Wildman–Crippen MR) is 83.6 cm³/mol. The van der Waals surface area contributed by atoms with E-state index in [0.29, 0.717) is 17.9 Å². The first kappa shape index (κ1) is 19.3. The van der Waals surface area contributed by atoms with E-state index in [2.05, 4.69) is 10.6 Å². The summed E-state index contributed by atoms with van der Waals surface area (Å²) in [5, 5.41) is 4.98. The third-order valence-corrected chi connectivity index (χ3v) is 3.61. The van der Waals surface area contributed by atoms with Gasteiger partial charge in [0.1, 0.15) is 11.8 Å². The Labute approximate surface area is 134 Å². The number of hydrogen-bond donors (Lipinski definition) is 2. The lowest BCUT2D eigenvalue weighted by Gasteiger charge is -2.32. The van der Waals surface area contributed by atoms with Crippen molar-refractivity contribution in [1.82, 2.24) is 5.32 Å². The lowest BCUT2D eigenvalue weighted by atomic mass is 9.99. The van der Waals surface area contributed by atoms with Gasteiger partial charge in [-0.15, -0.1) is 0 Å². The van der Waals surface area contributed by atoms with Gasteiger partial charge in [0.05, 0.1) is 19.2 Å². The number of benzene rings is 1. The Kier molecular flexibility index (Phi) is 6.44. The summed E-state index contributed by atoms with van der Waals surface area (Å²) in [4.78, 5) is 12.0. The minimum atomic E-state index is -4.51. The monoisotopic (exact) mass is 332 g/mol. The highest BCUT2D eigenvalue weighted by atomic mass is 19.4. The van der Waals surface area contributed by atoms with Gasteiger partial charge in [-0.2, -0.15) is 13.2 Å². The van der Waals surface area contributed by atoms with Crippen molar-refractivity contribution < 1.29 is 22.7 Å². The van der Waals surface area contributed by atoms with Crippen molar-refractivity contribution in [2.75, 3.05) is 12.4 Å². The van der Waals surface area contributed by atoms with Gasteiger partial charge in [-0.25, -0.2) is 0 Å². The van der Waals surface area contributed by atoms with Crippen molar-refractivity contribution >= 4 is 11.6 Å². The van der Waals surface area contributed by atoms with Crippen LogP contribution in [0.2, 0.25) is 0 Å². The fraction of sp³-hybridized carbons (Fsp3) is 0.562. The van der Waals surface area contributed by atoms with E-state index in [9.17, 15) is 18.0 Å². The molecule has 0 aliphatic rings. The first-order valence-corrected chi connectivity index (χ1v) is 7.36. The first-order chi connectivity index (χ1) is 10.6. The number of halogens is 3. The van der Waals surface area contributed by atoms with Gasteiger partial charge in [-0.1, -0.05) is 19.1 Å². The van der Waals surface area contributed by atoms with E-state index in [1.54, 1.807) is 45.0 Å². The maximum Gasteiger partial charge on any atom is 0.404 e. The van der Waals surface area contributed by atoms with E-state index in [0.717, 1.165) is 0 Å². The van der Waals surface area contributed by atoms with Crippen LogP contribution in [0.3, 0.4) is 0 Å². The number of para-hydroxylation sites is 2. The summed E-state index contributed by atoms with van der Waals surface area (Å²) in [6.07, 6.45) is -4.71. The highest BCUT2D eigenvalue weighted by Crippen LogP contribution is 2.27. The number of alkyl halides is 3. The summed E-state index contributed by atoms with van der Waals surface area (Å²) in [5.41, 5.74) is -0.374. The average molecular weight is 332 g/mol. The summed E-state index contributed by atoms with van der Waals surface area (Å²) in [6, 6.07) is 4.65. The third kappa shape index (κ3) is 6.09. The van der Waals surface area contributed by atoms with Crippen LogP contribution >= 0.6 is 0 Å². The van der Waals surface area contributed by atoms with Crippen molar-refractivity contribution in [2.45, 2.75) is 51.4 Å². The molecule has 0 fully saturated rings. The summed E-state index contributed by atoms with van der Waals surface area (Å²) in [6.45, 7) is 5.13. The molecule has 0 aliphatic carbocycles. The number of carbonyl (C=O) groups excluding carboxylic acids is 1. The number of amides is 1. The summed E-state index contributed by atoms with van der Waals surface area (Å²) < 4.78 is 44.6. The summed E-state index contributed by atoms with van der Waals surface area (Å²) >= 11 is 0. The smallest absolute Gasteiger partial charge is 0.404 e. The number of ether oxygens (including phenoxy) is 1. The Hall–Kier alpha value is -1.76. The molecular weight excluding hydrogens is 309 g/mol. The van der Waals surface area contributed by atoms with Gasteiger partial charge in [0.25, 0.3) is 0 Å². The number of carbonyl (C=O) groups is 1. The van der Waals surface area contributed by atoms with E-state index in [4.69, 9.17) is 4.74 Å². The third-order valence-electron chi connectivity index (χ3n) is 3.61. The minimum Gasteiger partial charge on any atom is -0.495 e. The molecule has 4 nitrogen and oxygen atoms in total. The van der Waals surface area contributed by atoms with Crippen LogP contribution in [0.1, 0.15) is 33.6 Å². The lowest BCUT2D eigenvalue weighted by molar-refractivity contribution is -0.164. The molecule has 0 bridgehead atoms. The molecule has 130 valence electrons. The molecule has 0 aliphatic heterocycles. The van der Waals surface area contributed by atoms with E-state index in [1.165, 1.54) is 7.11 Å². The number of anilines is 1. The predicted octanol–water partition coefficient (Wildman–Crippen LogP) is 3.73. The largest absolute Gasteiger partial charge is 0.495 e. The molecule has 7 heteroatoms. The van der Waals surface area contributed by atoms with E-state index in [1.807, 2.05) is 0 Å². The van der Waals surface area contributed by atoms with Crippen LogP contribution in [0.4, 0.5) is 18.9 Å². The molecule has 1 rings (SSSR count). The van der Waals surface area contributed by atoms with E-state index in [-0.39, 0.29) is 0 Å². The molecule has 0 radical (unpaired) electrons. The number of rotatable bonds is 7. The second kappa shape index (κ2) is 7.68. The van der Waals surface area contributed by atoms with Gasteiger partial charge >= 0.3 is 6.18 Å². The number of nitrogens with one attached hydrogen (secondary N) is 2. The molecule has 1 atom stereocenters. The summed E-state index contributed by atoms with van der Waals surface area (Å²) in [5.74, 6) is -0.331. The van der Waals surface area contributed by atoms with Crippen LogP contribution in [0.5, 0.6) is 5.75 Å². The Morgan fingerprint density at radius 3 is 2.39 bits per heavy atom. The Bertz CT molecular complexity index is 530. The zero-order valence-electron chi connectivity index (χ0n) is 13.8. The second-order valence-electron chi connectivity index (χ2n) is 5.93. The molecule has 23 heavy (non-hydrogen) atoms. The fourth-order valence-electron chi connectivity index (χ4n) is 1.96. The molecule has 0 saturated heterocycles. The van der Waals surface area contributed by atoms with Crippen LogP contribution in [0, 0.1) is 0 Å². The zero-order chi connectivity index (χ0) is 17.7. The van der Waals surface area contributed by atoms with Crippen LogP contribution in [0.15, 0.2) is 24.3 Å². The topological polar surface area (TPSA) is 50.4 Å². The van der Waals surface area contributed by atoms with Crippen LogP contribution in [0.25, 0.3) is 0 Å². The highest BCUT2D eigenvalue weighted by Gasteiger charge is 2.43. The second-order valence-corrected chi connectivity index (χ2v) is 5.93. The quantitative estimate of drug-likeness (QED) is 0.800. The fourth-order valence-corrected chi connectivity index (χ4v) is 1.96. The lowest BCUT2D eigenvalue weighted by Crippen LogP contribution is -2.53. The normalized spacial score (nSPS) is 13.5. The van der Waals surface area contributed by atoms with Gasteiger partial charge in [0, 0.05) is 5.54 Å². The Morgan fingerprint density at radius 1 is 1.26 bits per heavy atom. The van der Waals surface area contributed by atoms with Gasteiger partial charge in [0.15, 0.2) is 0 Å². The van der Waals surface area contributed by atoms with Gasteiger partial charge in [-0.05, 0) is 32.4 Å². The van der Waals surface area contributed by atoms with Crippen molar-refractivity contribution in [3.63, 3.8) is 0 Å². The van der Waals surface area contributed by atoms with Crippen LogP contribution < -0.4 is 15.4 Å². The Balaban J connectivity index is 2.81.